The van der Waals surface area contributed by atoms with Crippen LogP contribution in [0.5, 0.6) is 11.5 Å². The van der Waals surface area contributed by atoms with E-state index in [4.69, 9.17) is 18.9 Å². The number of hydrogen-bond acceptors (Lipinski definition) is 7. The molecule has 2 amide bonds. The van der Waals surface area contributed by atoms with Crippen molar-refractivity contribution >= 4 is 17.8 Å². The second kappa shape index (κ2) is 12.8. The van der Waals surface area contributed by atoms with Crippen LogP contribution in [0, 0.1) is 0 Å². The quantitative estimate of drug-likeness (QED) is 0.477. The van der Waals surface area contributed by atoms with Gasteiger partial charge in [-0.3, -0.25) is 14.4 Å². The number of methoxy groups -OCH3 is 3. The molecule has 2 aromatic carbocycles. The van der Waals surface area contributed by atoms with Gasteiger partial charge in [0.1, 0.15) is 11.5 Å². The summed E-state index contributed by atoms with van der Waals surface area (Å²) in [6.45, 7) is 0.931. The van der Waals surface area contributed by atoms with Crippen LogP contribution in [0.15, 0.2) is 48.5 Å². The van der Waals surface area contributed by atoms with Crippen LogP contribution in [0.1, 0.15) is 17.5 Å². The third-order valence-electron chi connectivity index (χ3n) is 5.80. The summed E-state index contributed by atoms with van der Waals surface area (Å²) in [6.07, 6.45) is -0.225. The maximum absolute atomic E-state index is 13.2. The molecule has 0 bridgehead atoms. The van der Waals surface area contributed by atoms with Crippen molar-refractivity contribution in [3.8, 4) is 11.5 Å². The second-order valence-electron chi connectivity index (χ2n) is 8.25. The van der Waals surface area contributed by atoms with Gasteiger partial charge in [-0.15, -0.1) is 0 Å². The van der Waals surface area contributed by atoms with E-state index in [1.54, 1.807) is 25.2 Å². The van der Waals surface area contributed by atoms with E-state index in [1.807, 2.05) is 42.5 Å². The third kappa shape index (κ3) is 7.71. The Hall–Kier alpha value is -3.59. The van der Waals surface area contributed by atoms with Crippen LogP contribution in [-0.4, -0.2) is 81.2 Å². The molecule has 2 aromatic rings. The lowest BCUT2D eigenvalue weighted by Gasteiger charge is -2.25. The van der Waals surface area contributed by atoms with Crippen LogP contribution >= 0.6 is 0 Å². The number of nitrogens with zero attached hydrogens (tertiary/aromatic N) is 2. The Labute approximate surface area is 205 Å². The highest BCUT2D eigenvalue weighted by Gasteiger charge is 2.31. The zero-order chi connectivity index (χ0) is 25.2. The molecule has 1 aliphatic heterocycles. The number of carbonyl (C=O) groups is 3. The summed E-state index contributed by atoms with van der Waals surface area (Å²) in [5.41, 5.74) is 1.71. The minimum absolute atomic E-state index is 0.0720. The van der Waals surface area contributed by atoms with E-state index in [0.29, 0.717) is 12.4 Å². The fourth-order valence-electron chi connectivity index (χ4n) is 3.86. The van der Waals surface area contributed by atoms with E-state index in [-0.39, 0.29) is 50.8 Å². The molecule has 0 unspecified atom stereocenters. The topological polar surface area (TPSA) is 94.6 Å². The number of carbonyl (C=O) groups excluding carboxylic acids is 3. The van der Waals surface area contributed by atoms with Crippen molar-refractivity contribution in [2.24, 2.45) is 0 Å². The van der Waals surface area contributed by atoms with Crippen LogP contribution in [0.3, 0.4) is 0 Å². The lowest BCUT2D eigenvalue weighted by atomic mass is 10.1. The summed E-state index contributed by atoms with van der Waals surface area (Å²) in [5, 5.41) is 0. The fourth-order valence-corrected chi connectivity index (χ4v) is 3.86. The van der Waals surface area contributed by atoms with E-state index in [9.17, 15) is 14.4 Å². The standard InChI is InChI=1S/C26H32N2O7/c1-32-21-8-4-6-19(12-21)14-24(29)28-16-23(35-18-20-7-5-9-22(13-20)33-2)15-27(25(30)17-28)11-10-26(31)34-3/h4-9,12-13,23H,10-11,14-18H2,1-3H3/t23-/m1/s1. The Morgan fingerprint density at radius 1 is 0.943 bits per heavy atom. The van der Waals surface area contributed by atoms with Crippen molar-refractivity contribution in [2.45, 2.75) is 25.6 Å². The van der Waals surface area contributed by atoms with Gasteiger partial charge in [0, 0.05) is 19.6 Å². The van der Waals surface area contributed by atoms with Crippen LogP contribution in [0.2, 0.25) is 0 Å². The normalized spacial score (nSPS) is 16.0. The zero-order valence-electron chi connectivity index (χ0n) is 20.4. The van der Waals surface area contributed by atoms with Crippen molar-refractivity contribution in [3.63, 3.8) is 0 Å². The second-order valence-corrected chi connectivity index (χ2v) is 8.25. The van der Waals surface area contributed by atoms with Gasteiger partial charge in [-0.1, -0.05) is 24.3 Å². The smallest absolute Gasteiger partial charge is 0.307 e. The van der Waals surface area contributed by atoms with Gasteiger partial charge in [-0.2, -0.15) is 0 Å². The number of hydrogen-bond donors (Lipinski definition) is 0. The molecule has 1 aliphatic rings. The predicted octanol–water partition coefficient (Wildman–Crippen LogP) is 2.07. The molecule has 0 radical (unpaired) electrons. The molecule has 1 fully saturated rings. The fraction of sp³-hybridized carbons (Fsp3) is 0.423. The molecule has 0 aromatic heterocycles. The molecule has 0 saturated carbocycles. The Kier molecular flexibility index (Phi) is 9.48. The molecule has 0 N–H and O–H groups in total. The monoisotopic (exact) mass is 484 g/mol. The number of benzene rings is 2. The van der Waals surface area contributed by atoms with E-state index in [0.717, 1.165) is 16.9 Å². The summed E-state index contributed by atoms with van der Waals surface area (Å²) in [4.78, 5) is 40.9. The van der Waals surface area contributed by atoms with Crippen molar-refractivity contribution in [2.75, 3.05) is 47.5 Å². The summed E-state index contributed by atoms with van der Waals surface area (Å²) in [6, 6.07) is 14.8. The maximum Gasteiger partial charge on any atom is 0.307 e. The molecule has 3 rings (SSSR count). The number of esters is 1. The lowest BCUT2D eigenvalue weighted by Crippen LogP contribution is -2.40. The third-order valence-corrected chi connectivity index (χ3v) is 5.80. The molecule has 0 spiro atoms. The van der Waals surface area contributed by atoms with Gasteiger partial charge in [-0.25, -0.2) is 0 Å². The summed E-state index contributed by atoms with van der Waals surface area (Å²) >= 11 is 0. The molecule has 1 heterocycles. The van der Waals surface area contributed by atoms with Crippen molar-refractivity contribution in [1.29, 1.82) is 0 Å². The van der Waals surface area contributed by atoms with E-state index in [2.05, 4.69) is 0 Å². The van der Waals surface area contributed by atoms with Crippen LogP contribution in [-0.2, 0) is 36.9 Å². The first kappa shape index (κ1) is 26.0. The van der Waals surface area contributed by atoms with Gasteiger partial charge >= 0.3 is 5.97 Å². The first-order chi connectivity index (χ1) is 16.9. The van der Waals surface area contributed by atoms with Gasteiger partial charge in [0.05, 0.1) is 53.4 Å². The molecule has 9 nitrogen and oxygen atoms in total. The summed E-state index contributed by atoms with van der Waals surface area (Å²) in [7, 11) is 4.48. The van der Waals surface area contributed by atoms with Crippen LogP contribution in [0.4, 0.5) is 0 Å². The molecule has 0 aliphatic carbocycles. The molecule has 1 saturated heterocycles. The minimum atomic E-state index is -0.431. The zero-order valence-corrected chi connectivity index (χ0v) is 20.4. The SMILES string of the molecule is COC(=O)CCN1C[C@@H](OCc2cccc(OC)c2)CN(C(=O)Cc2cccc(OC)c2)CC1=O. The first-order valence-corrected chi connectivity index (χ1v) is 11.4. The highest BCUT2D eigenvalue weighted by atomic mass is 16.5. The molecular weight excluding hydrogens is 452 g/mol. The average Bonchev–Trinajstić information content (AvgIpc) is 3.04. The highest BCUT2D eigenvalue weighted by molar-refractivity contribution is 5.86. The van der Waals surface area contributed by atoms with E-state index in [1.165, 1.54) is 12.0 Å². The first-order valence-electron chi connectivity index (χ1n) is 11.4. The number of rotatable bonds is 10. The van der Waals surface area contributed by atoms with Crippen LogP contribution < -0.4 is 9.47 Å². The van der Waals surface area contributed by atoms with Crippen molar-refractivity contribution in [1.82, 2.24) is 9.80 Å². The Bertz CT molecular complexity index is 1030. The highest BCUT2D eigenvalue weighted by Crippen LogP contribution is 2.18. The van der Waals surface area contributed by atoms with Gasteiger partial charge in [-0.05, 0) is 35.4 Å². The van der Waals surface area contributed by atoms with Gasteiger partial charge in [0.15, 0.2) is 0 Å². The number of amides is 2. The van der Waals surface area contributed by atoms with E-state index < -0.39 is 12.1 Å². The Morgan fingerprint density at radius 2 is 1.60 bits per heavy atom. The average molecular weight is 485 g/mol. The van der Waals surface area contributed by atoms with Crippen LogP contribution in [0.25, 0.3) is 0 Å². The molecule has 1 atom stereocenters. The number of ether oxygens (including phenoxy) is 4. The predicted molar refractivity (Wildman–Crippen MR) is 128 cm³/mol. The molecule has 188 valence electrons. The van der Waals surface area contributed by atoms with Crippen molar-refractivity contribution < 1.29 is 33.3 Å². The summed E-state index contributed by atoms with van der Waals surface area (Å²) < 4.78 is 21.4. The maximum atomic E-state index is 13.2. The van der Waals surface area contributed by atoms with Gasteiger partial charge < -0.3 is 28.7 Å². The van der Waals surface area contributed by atoms with Gasteiger partial charge in [0.25, 0.3) is 0 Å². The van der Waals surface area contributed by atoms with E-state index >= 15 is 0 Å². The molecular formula is C26H32N2O7. The molecule has 9 heteroatoms. The van der Waals surface area contributed by atoms with Crippen molar-refractivity contribution in [3.05, 3.63) is 59.7 Å². The minimum Gasteiger partial charge on any atom is -0.497 e. The Morgan fingerprint density at radius 3 is 2.26 bits per heavy atom. The van der Waals surface area contributed by atoms with Gasteiger partial charge in [0.2, 0.25) is 11.8 Å². The summed E-state index contributed by atoms with van der Waals surface area (Å²) in [5.74, 6) is 0.561. The molecule has 35 heavy (non-hydrogen) atoms. The lowest BCUT2D eigenvalue weighted by molar-refractivity contribution is -0.142. The largest absolute Gasteiger partial charge is 0.497 e. The Balaban J connectivity index is 1.73.